The van der Waals surface area contributed by atoms with Crippen molar-refractivity contribution in [2.24, 2.45) is 5.10 Å². The molecule has 0 N–H and O–H groups in total. The van der Waals surface area contributed by atoms with E-state index in [1.165, 1.54) is 0 Å². The zero-order valence-electron chi connectivity index (χ0n) is 12.2. The fourth-order valence-electron chi connectivity index (χ4n) is 2.06. The Morgan fingerprint density at radius 3 is 2.80 bits per heavy atom. The summed E-state index contributed by atoms with van der Waals surface area (Å²) in [5, 5.41) is 8.34. The quantitative estimate of drug-likeness (QED) is 0.601. The van der Waals surface area contributed by atoms with Gasteiger partial charge in [-0.15, -0.1) is 0 Å². The number of rotatable bonds is 5. The van der Waals surface area contributed by atoms with Gasteiger partial charge in [-0.3, -0.25) is 9.80 Å². The smallest absolute Gasteiger partial charge is 0.188 e. The van der Waals surface area contributed by atoms with E-state index in [4.69, 9.17) is 0 Å². The molecule has 0 saturated heterocycles. The first kappa shape index (κ1) is 14.9. The maximum Gasteiger partial charge on any atom is 0.188 e. The van der Waals surface area contributed by atoms with Crippen LogP contribution in [0.3, 0.4) is 0 Å². The highest BCUT2D eigenvalue weighted by Gasteiger charge is 2.20. The van der Waals surface area contributed by atoms with Crippen LogP contribution < -0.4 is 0 Å². The second-order valence-electron chi connectivity index (χ2n) is 4.86. The molecule has 0 fully saturated rings. The molecule has 1 aromatic rings. The minimum atomic E-state index is 0.0528. The molecule has 0 atom stereocenters. The third-order valence-electron chi connectivity index (χ3n) is 3.16. The van der Waals surface area contributed by atoms with E-state index in [0.29, 0.717) is 0 Å². The Kier molecular flexibility index (Phi) is 5.01. The molecule has 106 valence electrons. The van der Waals surface area contributed by atoms with Crippen molar-refractivity contribution >= 4 is 22.6 Å². The molecule has 3 nitrogen and oxygen atoms in total. The van der Waals surface area contributed by atoms with Gasteiger partial charge >= 0.3 is 0 Å². The van der Waals surface area contributed by atoms with E-state index in [0.717, 1.165) is 40.6 Å². The van der Waals surface area contributed by atoms with Crippen molar-refractivity contribution in [1.29, 1.82) is 0 Å². The fourth-order valence-corrected chi connectivity index (χ4v) is 2.90. The van der Waals surface area contributed by atoms with Gasteiger partial charge in [-0.05, 0) is 25.8 Å². The Morgan fingerprint density at radius 2 is 2.10 bits per heavy atom. The molecule has 0 spiro atoms. The van der Waals surface area contributed by atoms with Gasteiger partial charge in [0.05, 0.1) is 5.04 Å². The molecule has 0 bridgehead atoms. The molecule has 4 heteroatoms. The van der Waals surface area contributed by atoms with Crippen molar-refractivity contribution < 1.29 is 4.79 Å². The molecule has 0 unspecified atom stereocenters. The molecule has 0 amide bonds. The van der Waals surface area contributed by atoms with E-state index in [9.17, 15) is 4.79 Å². The monoisotopic (exact) mass is 288 g/mol. The molecular weight excluding hydrogens is 268 g/mol. The third kappa shape index (κ3) is 3.51. The topological polar surface area (TPSA) is 32.7 Å². The normalized spacial score (nSPS) is 16.6. The van der Waals surface area contributed by atoms with Crippen LogP contribution in [0.4, 0.5) is 0 Å². The minimum absolute atomic E-state index is 0.0528. The summed E-state index contributed by atoms with van der Waals surface area (Å²) >= 11 is 1.57. The summed E-state index contributed by atoms with van der Waals surface area (Å²) in [6.45, 7) is 6.96. The van der Waals surface area contributed by atoms with E-state index in [1.807, 2.05) is 43.1 Å². The molecule has 1 heterocycles. The molecule has 0 aliphatic carbocycles. The highest BCUT2D eigenvalue weighted by molar-refractivity contribution is 8.17. The van der Waals surface area contributed by atoms with Gasteiger partial charge in [-0.2, -0.15) is 5.10 Å². The Hall–Kier alpha value is -1.55. The van der Waals surface area contributed by atoms with Crippen LogP contribution in [0.2, 0.25) is 0 Å². The summed E-state index contributed by atoms with van der Waals surface area (Å²) < 4.78 is 0. The van der Waals surface area contributed by atoms with Crippen molar-refractivity contribution in [2.45, 2.75) is 33.6 Å². The Bertz CT molecular complexity index is 563. The van der Waals surface area contributed by atoms with Crippen LogP contribution in [0.5, 0.6) is 0 Å². The number of hydrogen-bond acceptors (Lipinski definition) is 4. The first-order valence-corrected chi connectivity index (χ1v) is 7.75. The lowest BCUT2D eigenvalue weighted by atomic mass is 10.1. The Labute approximate surface area is 124 Å². The van der Waals surface area contributed by atoms with Gasteiger partial charge < -0.3 is 0 Å². The van der Waals surface area contributed by atoms with Crippen molar-refractivity contribution in [3.63, 3.8) is 0 Å². The van der Waals surface area contributed by atoms with Gasteiger partial charge in [0.25, 0.3) is 0 Å². The molecule has 2 rings (SSSR count). The summed E-state index contributed by atoms with van der Waals surface area (Å²) in [5.41, 5.74) is 1.77. The van der Waals surface area contributed by atoms with Crippen molar-refractivity contribution in [3.05, 3.63) is 46.5 Å². The number of aryl methyl sites for hydroxylation is 1. The van der Waals surface area contributed by atoms with Crippen LogP contribution in [0.25, 0.3) is 0 Å². The van der Waals surface area contributed by atoms with Crippen LogP contribution in [0.1, 0.15) is 42.6 Å². The second kappa shape index (κ2) is 6.75. The lowest BCUT2D eigenvalue weighted by Gasteiger charge is -2.14. The van der Waals surface area contributed by atoms with Crippen molar-refractivity contribution in [2.75, 3.05) is 6.54 Å². The van der Waals surface area contributed by atoms with Crippen LogP contribution in [0, 0.1) is 6.92 Å². The van der Waals surface area contributed by atoms with E-state index in [2.05, 4.69) is 12.0 Å². The van der Waals surface area contributed by atoms with Crippen molar-refractivity contribution in [3.8, 4) is 0 Å². The summed E-state index contributed by atoms with van der Waals surface area (Å²) in [6.07, 6.45) is 3.91. The minimum Gasteiger partial charge on any atom is -0.289 e. The number of hydrazone groups is 1. The van der Waals surface area contributed by atoms with E-state index in [1.54, 1.807) is 17.8 Å². The van der Waals surface area contributed by atoms with E-state index >= 15 is 0 Å². The number of benzene rings is 1. The summed E-state index contributed by atoms with van der Waals surface area (Å²) in [4.78, 5) is 12.4. The summed E-state index contributed by atoms with van der Waals surface area (Å²) in [7, 11) is 0. The number of unbranched alkanes of at least 4 members (excludes halogenated alkanes) is 1. The largest absolute Gasteiger partial charge is 0.289 e. The Morgan fingerprint density at radius 1 is 1.35 bits per heavy atom. The van der Waals surface area contributed by atoms with E-state index < -0.39 is 0 Å². The van der Waals surface area contributed by atoms with Gasteiger partial charge in [0, 0.05) is 18.2 Å². The van der Waals surface area contributed by atoms with E-state index in [-0.39, 0.29) is 5.78 Å². The number of carbonyl (C=O) groups is 1. The fraction of sp³-hybridized carbons (Fsp3) is 0.375. The number of ketones is 1. The predicted molar refractivity (Wildman–Crippen MR) is 85.9 cm³/mol. The molecule has 20 heavy (non-hydrogen) atoms. The average Bonchev–Trinajstić information content (AvgIpc) is 2.76. The standard InChI is InChI=1S/C16H20N2OS/c1-4-5-10-18-16(20-13(3)17-18)11-15(19)14-9-7-6-8-12(14)2/h6-9,11H,4-5,10H2,1-3H3/b16-11-. The number of thioether (sulfide) groups is 1. The predicted octanol–water partition coefficient (Wildman–Crippen LogP) is 4.20. The molecule has 1 aliphatic heterocycles. The summed E-state index contributed by atoms with van der Waals surface area (Å²) in [6, 6.07) is 7.68. The zero-order valence-corrected chi connectivity index (χ0v) is 13.0. The highest BCUT2D eigenvalue weighted by atomic mass is 32.2. The maximum atomic E-state index is 12.4. The van der Waals surface area contributed by atoms with Crippen LogP contribution in [0.15, 0.2) is 40.5 Å². The molecule has 0 radical (unpaired) electrons. The zero-order chi connectivity index (χ0) is 14.5. The molecule has 1 aliphatic rings. The second-order valence-corrected chi connectivity index (χ2v) is 6.07. The average molecular weight is 288 g/mol. The van der Waals surface area contributed by atoms with Gasteiger partial charge in [0.2, 0.25) is 0 Å². The van der Waals surface area contributed by atoms with Crippen molar-refractivity contribution in [1.82, 2.24) is 5.01 Å². The van der Waals surface area contributed by atoms with Gasteiger partial charge in [-0.1, -0.05) is 49.4 Å². The number of allylic oxidation sites excluding steroid dienone is 1. The van der Waals surface area contributed by atoms with Crippen LogP contribution in [-0.2, 0) is 0 Å². The third-order valence-corrected chi connectivity index (χ3v) is 4.07. The lowest BCUT2D eigenvalue weighted by Crippen LogP contribution is -2.14. The van der Waals surface area contributed by atoms with Gasteiger partial charge in [0.15, 0.2) is 5.78 Å². The summed E-state index contributed by atoms with van der Waals surface area (Å²) in [5.74, 6) is 0.0528. The first-order chi connectivity index (χ1) is 9.61. The van der Waals surface area contributed by atoms with Crippen LogP contribution >= 0.6 is 11.8 Å². The number of hydrogen-bond donors (Lipinski definition) is 0. The first-order valence-electron chi connectivity index (χ1n) is 6.94. The number of carbonyl (C=O) groups excluding carboxylic acids is 1. The molecule has 0 saturated carbocycles. The van der Waals surface area contributed by atoms with Gasteiger partial charge in [0.1, 0.15) is 5.03 Å². The highest BCUT2D eigenvalue weighted by Crippen LogP contribution is 2.30. The molecular formula is C16H20N2OS. The van der Waals surface area contributed by atoms with Gasteiger partial charge in [-0.25, -0.2) is 0 Å². The Balaban J connectivity index is 2.17. The maximum absolute atomic E-state index is 12.4. The SMILES string of the molecule is CCCCN1N=C(C)S/C1=C\C(=O)c1ccccc1C. The number of nitrogens with zero attached hydrogens (tertiary/aromatic N) is 2. The molecule has 1 aromatic carbocycles. The van der Waals surface area contributed by atoms with Crippen LogP contribution in [-0.4, -0.2) is 22.4 Å². The lowest BCUT2D eigenvalue weighted by molar-refractivity contribution is 0.104. The molecule has 0 aromatic heterocycles.